The molecule has 0 heterocycles. The van der Waals surface area contributed by atoms with Gasteiger partial charge in [0.15, 0.2) is 5.05 Å². The summed E-state index contributed by atoms with van der Waals surface area (Å²) in [5.74, 6) is 0. The van der Waals surface area contributed by atoms with E-state index in [1.54, 1.807) is 0 Å². The summed E-state index contributed by atoms with van der Waals surface area (Å²) in [5, 5.41) is -0.00694. The molecule has 0 aromatic carbocycles. The number of halogens is 2. The summed E-state index contributed by atoms with van der Waals surface area (Å²) in [6, 6.07) is 0. The minimum atomic E-state index is -2.76. The van der Waals surface area contributed by atoms with E-state index in [1.807, 2.05) is 6.92 Å². The zero-order valence-corrected chi connectivity index (χ0v) is 5.88. The smallest absolute Gasteiger partial charge is 0.387 e. The fraction of sp³-hybridized carbons (Fsp3) is 0.800. The molecule has 0 unspecified atom stereocenters. The normalized spacial score (nSPS) is 9.78. The molecule has 0 spiro atoms. The standard InChI is InChI=1S/C5H8F2OS/c1-2-3-4(9)8-5(6)7/h5H,2-3H2,1H3. The molecule has 0 saturated carbocycles. The van der Waals surface area contributed by atoms with Crippen molar-refractivity contribution in [2.45, 2.75) is 26.4 Å². The van der Waals surface area contributed by atoms with Crippen LogP contribution in [0.1, 0.15) is 19.8 Å². The second-order valence-corrected chi connectivity index (χ2v) is 1.96. The van der Waals surface area contributed by atoms with Crippen LogP contribution in [0.3, 0.4) is 0 Å². The van der Waals surface area contributed by atoms with Gasteiger partial charge in [-0.25, -0.2) is 0 Å². The molecule has 0 atom stereocenters. The van der Waals surface area contributed by atoms with Gasteiger partial charge in [-0.3, -0.25) is 0 Å². The summed E-state index contributed by atoms with van der Waals surface area (Å²) in [4.78, 5) is 0. The van der Waals surface area contributed by atoms with E-state index in [2.05, 4.69) is 17.0 Å². The first-order valence-electron chi connectivity index (χ1n) is 2.64. The van der Waals surface area contributed by atoms with E-state index in [1.165, 1.54) is 0 Å². The van der Waals surface area contributed by atoms with Crippen molar-refractivity contribution in [3.63, 3.8) is 0 Å². The molecule has 1 nitrogen and oxygen atoms in total. The van der Waals surface area contributed by atoms with Gasteiger partial charge in [-0.2, -0.15) is 8.78 Å². The Morgan fingerprint density at radius 3 is 2.56 bits per heavy atom. The number of hydrogen-bond donors (Lipinski definition) is 0. The highest BCUT2D eigenvalue weighted by atomic mass is 32.1. The van der Waals surface area contributed by atoms with E-state index in [9.17, 15) is 8.78 Å². The van der Waals surface area contributed by atoms with E-state index in [0.717, 1.165) is 6.42 Å². The first-order chi connectivity index (χ1) is 4.16. The summed E-state index contributed by atoms with van der Waals surface area (Å²) >= 11 is 4.43. The maximum Gasteiger partial charge on any atom is 0.387 e. The number of thiocarbonyl (C=S) groups is 1. The van der Waals surface area contributed by atoms with Crippen LogP contribution >= 0.6 is 12.2 Å². The molecule has 0 N–H and O–H groups in total. The highest BCUT2D eigenvalue weighted by Gasteiger charge is 2.04. The van der Waals surface area contributed by atoms with Crippen molar-refractivity contribution in [1.82, 2.24) is 0 Å². The molecule has 4 heteroatoms. The van der Waals surface area contributed by atoms with Crippen LogP contribution in [-0.4, -0.2) is 11.7 Å². The number of ether oxygens (including phenoxy) is 1. The minimum Gasteiger partial charge on any atom is -0.428 e. The van der Waals surface area contributed by atoms with Gasteiger partial charge in [-0.05, 0) is 18.6 Å². The van der Waals surface area contributed by atoms with E-state index in [4.69, 9.17) is 0 Å². The van der Waals surface area contributed by atoms with Gasteiger partial charge in [0.05, 0.1) is 0 Å². The number of rotatable bonds is 3. The molecule has 0 amide bonds. The van der Waals surface area contributed by atoms with E-state index >= 15 is 0 Å². The maximum atomic E-state index is 11.3. The van der Waals surface area contributed by atoms with Gasteiger partial charge in [0, 0.05) is 6.42 Å². The van der Waals surface area contributed by atoms with E-state index in [-0.39, 0.29) is 5.05 Å². The molecule has 54 valence electrons. The second kappa shape index (κ2) is 4.61. The monoisotopic (exact) mass is 154 g/mol. The van der Waals surface area contributed by atoms with Gasteiger partial charge in [-0.1, -0.05) is 6.92 Å². The molecule has 0 saturated heterocycles. The topological polar surface area (TPSA) is 9.23 Å². The van der Waals surface area contributed by atoms with E-state index < -0.39 is 6.61 Å². The Kier molecular flexibility index (Phi) is 4.48. The van der Waals surface area contributed by atoms with Crippen molar-refractivity contribution in [3.8, 4) is 0 Å². The highest BCUT2D eigenvalue weighted by Crippen LogP contribution is 2.01. The lowest BCUT2D eigenvalue weighted by Gasteiger charge is -2.02. The van der Waals surface area contributed by atoms with Crippen molar-refractivity contribution in [2.75, 3.05) is 0 Å². The van der Waals surface area contributed by atoms with Crippen molar-refractivity contribution in [3.05, 3.63) is 0 Å². The molecule has 0 aromatic heterocycles. The molecule has 0 fully saturated rings. The molecular formula is C5H8F2OS. The quantitative estimate of drug-likeness (QED) is 0.577. The predicted octanol–water partition coefficient (Wildman–Crippen LogP) is 2.35. The van der Waals surface area contributed by atoms with Crippen LogP contribution in [-0.2, 0) is 4.74 Å². The molecule has 0 aromatic rings. The third kappa shape index (κ3) is 5.62. The molecule has 0 aliphatic rings. The SMILES string of the molecule is CCCC(=S)OC(F)F. The van der Waals surface area contributed by atoms with Crippen LogP contribution in [0.25, 0.3) is 0 Å². The van der Waals surface area contributed by atoms with Gasteiger partial charge in [0.2, 0.25) is 0 Å². The first kappa shape index (κ1) is 8.75. The predicted molar refractivity (Wildman–Crippen MR) is 34.6 cm³/mol. The van der Waals surface area contributed by atoms with Crippen LogP contribution in [0, 0.1) is 0 Å². The summed E-state index contributed by atoms with van der Waals surface area (Å²) in [6.07, 6.45) is 1.17. The van der Waals surface area contributed by atoms with Crippen molar-refractivity contribution in [2.24, 2.45) is 0 Å². The molecule has 0 aliphatic heterocycles. The Hall–Kier alpha value is -0.250. The molecule has 0 bridgehead atoms. The average Bonchev–Trinajstić information content (AvgIpc) is 1.63. The maximum absolute atomic E-state index is 11.3. The zero-order chi connectivity index (χ0) is 7.28. The summed E-state index contributed by atoms with van der Waals surface area (Å²) in [5.41, 5.74) is 0. The fourth-order valence-electron chi connectivity index (χ4n) is 0.362. The molecular weight excluding hydrogens is 146 g/mol. The van der Waals surface area contributed by atoms with Crippen LogP contribution in [0.4, 0.5) is 8.78 Å². The number of alkyl halides is 2. The minimum absolute atomic E-state index is 0.00694. The van der Waals surface area contributed by atoms with Crippen molar-refractivity contribution < 1.29 is 13.5 Å². The van der Waals surface area contributed by atoms with Crippen LogP contribution in [0.15, 0.2) is 0 Å². The van der Waals surface area contributed by atoms with Crippen molar-refractivity contribution >= 4 is 17.3 Å². The number of hydrogen-bond acceptors (Lipinski definition) is 2. The molecule has 0 aliphatic carbocycles. The van der Waals surface area contributed by atoms with Crippen LogP contribution in [0.2, 0.25) is 0 Å². The Morgan fingerprint density at radius 2 is 2.22 bits per heavy atom. The third-order valence-electron chi connectivity index (χ3n) is 0.675. The Bertz CT molecular complexity index is 95.0. The van der Waals surface area contributed by atoms with E-state index in [0.29, 0.717) is 6.42 Å². The van der Waals surface area contributed by atoms with Crippen LogP contribution < -0.4 is 0 Å². The fourth-order valence-corrected chi connectivity index (χ4v) is 0.639. The lowest BCUT2D eigenvalue weighted by molar-refractivity contribution is -0.0595. The summed E-state index contributed by atoms with van der Waals surface area (Å²) in [7, 11) is 0. The summed E-state index contributed by atoms with van der Waals surface area (Å²) in [6.45, 7) is -0.912. The average molecular weight is 154 g/mol. The van der Waals surface area contributed by atoms with Gasteiger partial charge in [0.25, 0.3) is 0 Å². The Labute approximate surface area is 58.0 Å². The largest absolute Gasteiger partial charge is 0.428 e. The highest BCUT2D eigenvalue weighted by molar-refractivity contribution is 7.80. The lowest BCUT2D eigenvalue weighted by Crippen LogP contribution is -2.05. The first-order valence-corrected chi connectivity index (χ1v) is 3.05. The second-order valence-electron chi connectivity index (χ2n) is 1.50. The Balaban J connectivity index is 3.27. The van der Waals surface area contributed by atoms with Crippen molar-refractivity contribution in [1.29, 1.82) is 0 Å². The van der Waals surface area contributed by atoms with Gasteiger partial charge in [-0.15, -0.1) is 0 Å². The van der Waals surface area contributed by atoms with Crippen LogP contribution in [0.5, 0.6) is 0 Å². The lowest BCUT2D eigenvalue weighted by atomic mass is 10.4. The van der Waals surface area contributed by atoms with Gasteiger partial charge < -0.3 is 4.74 Å². The molecule has 9 heavy (non-hydrogen) atoms. The third-order valence-corrected chi connectivity index (χ3v) is 0.975. The summed E-state index contributed by atoms with van der Waals surface area (Å²) < 4.78 is 26.5. The van der Waals surface area contributed by atoms with Gasteiger partial charge in [0.1, 0.15) is 0 Å². The zero-order valence-electron chi connectivity index (χ0n) is 5.06. The Morgan fingerprint density at radius 1 is 1.67 bits per heavy atom. The van der Waals surface area contributed by atoms with Gasteiger partial charge >= 0.3 is 6.61 Å². The molecule has 0 rings (SSSR count). The molecule has 0 radical (unpaired) electrons.